The summed E-state index contributed by atoms with van der Waals surface area (Å²) >= 11 is 1.16. The topological polar surface area (TPSA) is 142 Å². The van der Waals surface area contributed by atoms with Crippen molar-refractivity contribution >= 4 is 27.7 Å². The van der Waals surface area contributed by atoms with Gasteiger partial charge in [-0.15, -0.1) is 10.2 Å². The van der Waals surface area contributed by atoms with E-state index in [1.54, 1.807) is 4.52 Å². The molecule has 1 aromatic carbocycles. The van der Waals surface area contributed by atoms with Gasteiger partial charge in [0.25, 0.3) is 11.4 Å². The highest BCUT2D eigenvalue weighted by Gasteiger charge is 2.21. The Kier molecular flexibility index (Phi) is 4.47. The van der Waals surface area contributed by atoms with Crippen molar-refractivity contribution in [3.8, 4) is 10.6 Å². The fraction of sp³-hybridized carbons (Fsp3) is 0.357. The highest BCUT2D eigenvalue weighted by Crippen LogP contribution is 2.32. The van der Waals surface area contributed by atoms with E-state index in [4.69, 9.17) is 4.74 Å². The molecular formula is C14H13N7O5S. The molecule has 1 aliphatic rings. The van der Waals surface area contributed by atoms with Gasteiger partial charge in [-0.3, -0.25) is 25.1 Å². The summed E-state index contributed by atoms with van der Waals surface area (Å²) in [6, 6.07) is 3.45. The number of fused-ring (bicyclic) bond motifs is 1. The Bertz CT molecular complexity index is 994. The van der Waals surface area contributed by atoms with Gasteiger partial charge in [-0.25, -0.2) is 0 Å². The summed E-state index contributed by atoms with van der Waals surface area (Å²) in [5, 5.41) is 35.2. The molecule has 3 heterocycles. The number of non-ortho nitro benzene ring substituents is 2. The van der Waals surface area contributed by atoms with E-state index >= 15 is 0 Å². The van der Waals surface area contributed by atoms with Crippen molar-refractivity contribution in [1.82, 2.24) is 24.7 Å². The summed E-state index contributed by atoms with van der Waals surface area (Å²) in [7, 11) is 0. The summed E-state index contributed by atoms with van der Waals surface area (Å²) < 4.78 is 6.89. The SMILES string of the molecule is O=[N+]([O-])c1cc(-c2nn3c(CN4CCOCC4)nnc3s2)cc([N+](=O)[O-])c1. The molecule has 2 aromatic heterocycles. The lowest BCUT2D eigenvalue weighted by molar-refractivity contribution is -0.394. The molecule has 0 saturated carbocycles. The zero-order chi connectivity index (χ0) is 19.0. The quantitative estimate of drug-likeness (QED) is 0.467. The van der Waals surface area contributed by atoms with Crippen LogP contribution in [0.25, 0.3) is 15.5 Å². The molecule has 3 aromatic rings. The van der Waals surface area contributed by atoms with E-state index in [1.807, 2.05) is 0 Å². The number of rotatable bonds is 5. The third-order valence-electron chi connectivity index (χ3n) is 4.10. The minimum atomic E-state index is -0.666. The van der Waals surface area contributed by atoms with E-state index in [9.17, 15) is 20.2 Å². The number of aromatic nitrogens is 4. The molecule has 1 fully saturated rings. The molecule has 0 bridgehead atoms. The number of nitro benzene ring substituents is 2. The Morgan fingerprint density at radius 3 is 2.37 bits per heavy atom. The second-order valence-electron chi connectivity index (χ2n) is 5.86. The molecule has 0 atom stereocenters. The Morgan fingerprint density at radius 2 is 1.74 bits per heavy atom. The predicted molar refractivity (Wildman–Crippen MR) is 93.5 cm³/mol. The number of hydrogen-bond donors (Lipinski definition) is 0. The Balaban J connectivity index is 1.70. The second-order valence-corrected chi connectivity index (χ2v) is 6.81. The van der Waals surface area contributed by atoms with Crippen molar-refractivity contribution in [3.63, 3.8) is 0 Å². The van der Waals surface area contributed by atoms with Crippen LogP contribution >= 0.6 is 11.3 Å². The minimum Gasteiger partial charge on any atom is -0.379 e. The van der Waals surface area contributed by atoms with Gasteiger partial charge in [0.1, 0.15) is 5.01 Å². The average molecular weight is 391 g/mol. The van der Waals surface area contributed by atoms with Gasteiger partial charge >= 0.3 is 0 Å². The van der Waals surface area contributed by atoms with Crippen LogP contribution in [0.5, 0.6) is 0 Å². The van der Waals surface area contributed by atoms with Crippen LogP contribution in [-0.2, 0) is 11.3 Å². The van der Waals surface area contributed by atoms with Gasteiger partial charge < -0.3 is 4.74 Å². The van der Waals surface area contributed by atoms with E-state index in [1.165, 1.54) is 12.1 Å². The summed E-state index contributed by atoms with van der Waals surface area (Å²) in [6.45, 7) is 3.41. The molecule has 13 heteroatoms. The van der Waals surface area contributed by atoms with E-state index in [-0.39, 0.29) is 11.4 Å². The van der Waals surface area contributed by atoms with Gasteiger partial charge in [-0.1, -0.05) is 11.3 Å². The molecule has 0 aliphatic carbocycles. The maximum Gasteiger partial charge on any atom is 0.277 e. The number of benzene rings is 1. The first-order valence-corrected chi connectivity index (χ1v) is 8.78. The number of hydrogen-bond acceptors (Lipinski definition) is 10. The smallest absolute Gasteiger partial charge is 0.277 e. The van der Waals surface area contributed by atoms with Crippen LogP contribution < -0.4 is 0 Å². The maximum absolute atomic E-state index is 11.1. The molecule has 4 rings (SSSR count). The van der Waals surface area contributed by atoms with Crippen molar-refractivity contribution < 1.29 is 14.6 Å². The van der Waals surface area contributed by atoms with Gasteiger partial charge in [0, 0.05) is 30.8 Å². The molecule has 0 unspecified atom stereocenters. The molecule has 12 nitrogen and oxygen atoms in total. The largest absolute Gasteiger partial charge is 0.379 e. The van der Waals surface area contributed by atoms with Crippen molar-refractivity contribution in [2.45, 2.75) is 6.54 Å². The van der Waals surface area contributed by atoms with Crippen molar-refractivity contribution in [2.24, 2.45) is 0 Å². The Labute approximate surface area is 155 Å². The summed E-state index contributed by atoms with van der Waals surface area (Å²) in [5.41, 5.74) is -0.430. The molecule has 0 N–H and O–H groups in total. The lowest BCUT2D eigenvalue weighted by Gasteiger charge is -2.25. The van der Waals surface area contributed by atoms with Gasteiger partial charge in [0.05, 0.1) is 35.7 Å². The first kappa shape index (κ1) is 17.4. The van der Waals surface area contributed by atoms with Crippen molar-refractivity contribution in [2.75, 3.05) is 26.3 Å². The van der Waals surface area contributed by atoms with Crippen LogP contribution in [0, 0.1) is 20.2 Å². The summed E-state index contributed by atoms with van der Waals surface area (Å²) in [4.78, 5) is 23.5. The third kappa shape index (κ3) is 3.47. The molecule has 0 amide bonds. The first-order chi connectivity index (χ1) is 13.0. The maximum atomic E-state index is 11.1. The molecular weight excluding hydrogens is 378 g/mol. The molecule has 1 aliphatic heterocycles. The van der Waals surface area contributed by atoms with Crippen LogP contribution in [-0.4, -0.2) is 60.9 Å². The predicted octanol–water partition coefficient (Wildman–Crippen LogP) is 1.50. The summed E-state index contributed by atoms with van der Waals surface area (Å²) in [5.74, 6) is 0.634. The standard InChI is InChI=1S/C14H13N7O5S/c22-20(23)10-5-9(6-11(7-10)21(24)25)13-17-19-12(15-16-14(19)27-13)8-18-1-3-26-4-2-18/h5-7H,1-4,8H2. The monoisotopic (exact) mass is 391 g/mol. The normalized spacial score (nSPS) is 15.3. The van der Waals surface area contributed by atoms with Crippen LogP contribution in [0.2, 0.25) is 0 Å². The molecule has 27 heavy (non-hydrogen) atoms. The fourth-order valence-corrected chi connectivity index (χ4v) is 3.61. The van der Waals surface area contributed by atoms with Crippen molar-refractivity contribution in [1.29, 1.82) is 0 Å². The third-order valence-corrected chi connectivity index (χ3v) is 5.04. The second kappa shape index (κ2) is 6.94. The number of morpholine rings is 1. The van der Waals surface area contributed by atoms with E-state index < -0.39 is 9.85 Å². The minimum absolute atomic E-state index is 0.295. The lowest BCUT2D eigenvalue weighted by Crippen LogP contribution is -2.36. The number of nitrogens with zero attached hydrogens (tertiary/aromatic N) is 7. The highest BCUT2D eigenvalue weighted by molar-refractivity contribution is 7.19. The van der Waals surface area contributed by atoms with Crippen LogP contribution in [0.15, 0.2) is 18.2 Å². The van der Waals surface area contributed by atoms with Crippen LogP contribution in [0.3, 0.4) is 0 Å². The van der Waals surface area contributed by atoms with Gasteiger partial charge in [-0.05, 0) is 0 Å². The molecule has 0 spiro atoms. The number of nitro groups is 2. The lowest BCUT2D eigenvalue weighted by atomic mass is 10.2. The van der Waals surface area contributed by atoms with Crippen LogP contribution in [0.1, 0.15) is 5.82 Å². The molecule has 0 radical (unpaired) electrons. The first-order valence-electron chi connectivity index (χ1n) is 7.97. The van der Waals surface area contributed by atoms with E-state index in [0.717, 1.165) is 30.5 Å². The van der Waals surface area contributed by atoms with E-state index in [2.05, 4.69) is 20.2 Å². The average Bonchev–Trinajstić information content (AvgIpc) is 3.24. The van der Waals surface area contributed by atoms with Crippen LogP contribution in [0.4, 0.5) is 11.4 Å². The Hall–Kier alpha value is -3.03. The van der Waals surface area contributed by atoms with Gasteiger partial charge in [0.15, 0.2) is 5.82 Å². The highest BCUT2D eigenvalue weighted by atomic mass is 32.1. The summed E-state index contributed by atoms with van der Waals surface area (Å²) in [6.07, 6.45) is 0. The van der Waals surface area contributed by atoms with E-state index in [0.29, 0.717) is 41.1 Å². The van der Waals surface area contributed by atoms with Crippen molar-refractivity contribution in [3.05, 3.63) is 44.3 Å². The molecule has 1 saturated heterocycles. The van der Waals surface area contributed by atoms with Gasteiger partial charge in [-0.2, -0.15) is 9.61 Å². The Morgan fingerprint density at radius 1 is 1.07 bits per heavy atom. The number of ether oxygens (including phenoxy) is 1. The van der Waals surface area contributed by atoms with Gasteiger partial charge in [0.2, 0.25) is 4.96 Å². The fourth-order valence-electron chi connectivity index (χ4n) is 2.76. The zero-order valence-electron chi connectivity index (χ0n) is 13.8. The molecule has 140 valence electrons. The zero-order valence-corrected chi connectivity index (χ0v) is 14.7.